The first-order valence-corrected chi connectivity index (χ1v) is 6.24. The summed E-state index contributed by atoms with van der Waals surface area (Å²) in [5, 5.41) is 18.6. The maximum atomic E-state index is 9.61. The zero-order chi connectivity index (χ0) is 13.4. The standard InChI is InChI=1S/C14H22O4/c1-3-4-14(13(16)9-15)18-10-11-5-7-12(17-2)8-6-11/h5-8,13-16H,3-4,9-10H2,1-2H3/t13-,14+/m0/s1. The largest absolute Gasteiger partial charge is 0.497 e. The quantitative estimate of drug-likeness (QED) is 0.742. The third-order valence-corrected chi connectivity index (χ3v) is 2.81. The molecule has 0 fully saturated rings. The summed E-state index contributed by atoms with van der Waals surface area (Å²) >= 11 is 0. The van der Waals surface area contributed by atoms with E-state index in [4.69, 9.17) is 14.6 Å². The van der Waals surface area contributed by atoms with Crippen LogP contribution in [0.2, 0.25) is 0 Å². The van der Waals surface area contributed by atoms with Crippen LogP contribution in [0.3, 0.4) is 0 Å². The van der Waals surface area contributed by atoms with Crippen molar-refractivity contribution in [1.82, 2.24) is 0 Å². The normalized spacial score (nSPS) is 14.2. The second-order valence-electron chi connectivity index (χ2n) is 4.24. The molecule has 102 valence electrons. The van der Waals surface area contributed by atoms with Gasteiger partial charge in [0.05, 0.1) is 26.4 Å². The zero-order valence-electron chi connectivity index (χ0n) is 11.0. The molecule has 1 aromatic rings. The molecule has 0 saturated heterocycles. The van der Waals surface area contributed by atoms with E-state index >= 15 is 0 Å². The third-order valence-electron chi connectivity index (χ3n) is 2.81. The molecule has 2 atom stereocenters. The Morgan fingerprint density at radius 1 is 1.22 bits per heavy atom. The average molecular weight is 254 g/mol. The van der Waals surface area contributed by atoms with Crippen molar-refractivity contribution in [2.75, 3.05) is 13.7 Å². The Labute approximate surface area is 108 Å². The Bertz CT molecular complexity index is 323. The van der Waals surface area contributed by atoms with Gasteiger partial charge in [-0.3, -0.25) is 0 Å². The molecule has 0 saturated carbocycles. The lowest BCUT2D eigenvalue weighted by Gasteiger charge is -2.21. The second-order valence-corrected chi connectivity index (χ2v) is 4.24. The van der Waals surface area contributed by atoms with Crippen LogP contribution in [0.4, 0.5) is 0 Å². The lowest BCUT2D eigenvalue weighted by atomic mass is 10.1. The molecule has 0 amide bonds. The van der Waals surface area contributed by atoms with Gasteiger partial charge in [-0.1, -0.05) is 25.5 Å². The van der Waals surface area contributed by atoms with E-state index in [1.165, 1.54) is 0 Å². The highest BCUT2D eigenvalue weighted by Crippen LogP contribution is 2.15. The highest BCUT2D eigenvalue weighted by Gasteiger charge is 2.18. The van der Waals surface area contributed by atoms with Gasteiger partial charge in [0.1, 0.15) is 11.9 Å². The molecule has 18 heavy (non-hydrogen) atoms. The molecule has 1 rings (SSSR count). The van der Waals surface area contributed by atoms with Crippen molar-refractivity contribution in [2.45, 2.75) is 38.6 Å². The van der Waals surface area contributed by atoms with Crippen molar-refractivity contribution >= 4 is 0 Å². The molecule has 0 aromatic heterocycles. The van der Waals surface area contributed by atoms with Gasteiger partial charge in [-0.15, -0.1) is 0 Å². The van der Waals surface area contributed by atoms with Gasteiger partial charge < -0.3 is 19.7 Å². The van der Waals surface area contributed by atoms with Crippen LogP contribution in [0.25, 0.3) is 0 Å². The van der Waals surface area contributed by atoms with E-state index in [0.29, 0.717) is 6.61 Å². The van der Waals surface area contributed by atoms with Crippen molar-refractivity contribution in [3.8, 4) is 5.75 Å². The first kappa shape index (κ1) is 15.0. The van der Waals surface area contributed by atoms with Gasteiger partial charge >= 0.3 is 0 Å². The van der Waals surface area contributed by atoms with Crippen LogP contribution in [0.15, 0.2) is 24.3 Å². The topological polar surface area (TPSA) is 58.9 Å². The molecule has 0 radical (unpaired) electrons. The summed E-state index contributed by atoms with van der Waals surface area (Å²) in [6, 6.07) is 7.59. The van der Waals surface area contributed by atoms with Gasteiger partial charge in [0.2, 0.25) is 0 Å². The van der Waals surface area contributed by atoms with E-state index in [1.807, 2.05) is 31.2 Å². The number of ether oxygens (including phenoxy) is 2. The number of hydrogen-bond donors (Lipinski definition) is 2. The highest BCUT2D eigenvalue weighted by atomic mass is 16.5. The molecule has 0 aliphatic heterocycles. The summed E-state index contributed by atoms with van der Waals surface area (Å²) < 4.78 is 10.7. The van der Waals surface area contributed by atoms with Crippen molar-refractivity contribution in [3.05, 3.63) is 29.8 Å². The average Bonchev–Trinajstić information content (AvgIpc) is 2.43. The maximum Gasteiger partial charge on any atom is 0.118 e. The molecule has 0 spiro atoms. The van der Waals surface area contributed by atoms with Crippen LogP contribution in [-0.4, -0.2) is 36.1 Å². The molecule has 0 heterocycles. The Kier molecular flexibility index (Phi) is 6.72. The van der Waals surface area contributed by atoms with Crippen LogP contribution < -0.4 is 4.74 Å². The summed E-state index contributed by atoms with van der Waals surface area (Å²) in [7, 11) is 1.63. The molecule has 2 N–H and O–H groups in total. The van der Waals surface area contributed by atoms with Crippen LogP contribution in [0.5, 0.6) is 5.75 Å². The zero-order valence-corrected chi connectivity index (χ0v) is 11.0. The van der Waals surface area contributed by atoms with E-state index in [2.05, 4.69) is 0 Å². The number of hydrogen-bond acceptors (Lipinski definition) is 4. The Morgan fingerprint density at radius 3 is 2.39 bits per heavy atom. The van der Waals surface area contributed by atoms with E-state index in [-0.39, 0.29) is 12.7 Å². The predicted octanol–water partition coefficient (Wildman–Crippen LogP) is 1.73. The summed E-state index contributed by atoms with van der Waals surface area (Å²) in [6.07, 6.45) is 0.507. The van der Waals surface area contributed by atoms with Gasteiger partial charge in [-0.2, -0.15) is 0 Å². The molecule has 0 unspecified atom stereocenters. The molecule has 1 aromatic carbocycles. The Hall–Kier alpha value is -1.10. The van der Waals surface area contributed by atoms with E-state index in [0.717, 1.165) is 24.2 Å². The van der Waals surface area contributed by atoms with Gasteiger partial charge in [-0.25, -0.2) is 0 Å². The van der Waals surface area contributed by atoms with Gasteiger partial charge in [0.15, 0.2) is 0 Å². The third kappa shape index (κ3) is 4.64. The number of benzene rings is 1. The lowest BCUT2D eigenvalue weighted by molar-refractivity contribution is -0.0684. The van der Waals surface area contributed by atoms with Crippen molar-refractivity contribution in [2.24, 2.45) is 0 Å². The van der Waals surface area contributed by atoms with Crippen LogP contribution >= 0.6 is 0 Å². The van der Waals surface area contributed by atoms with Gasteiger partial charge in [-0.05, 0) is 24.1 Å². The predicted molar refractivity (Wildman–Crippen MR) is 69.6 cm³/mol. The number of rotatable bonds is 8. The minimum atomic E-state index is -0.816. The van der Waals surface area contributed by atoms with Crippen molar-refractivity contribution in [3.63, 3.8) is 0 Å². The maximum absolute atomic E-state index is 9.61. The van der Waals surface area contributed by atoms with Gasteiger partial charge in [0.25, 0.3) is 0 Å². The molecule has 0 aliphatic rings. The first-order chi connectivity index (χ1) is 8.71. The Morgan fingerprint density at radius 2 is 1.89 bits per heavy atom. The molecular weight excluding hydrogens is 232 g/mol. The minimum absolute atomic E-state index is 0.271. The fourth-order valence-corrected chi connectivity index (χ4v) is 1.71. The fourth-order valence-electron chi connectivity index (χ4n) is 1.71. The fraction of sp³-hybridized carbons (Fsp3) is 0.571. The number of aliphatic hydroxyl groups is 2. The lowest BCUT2D eigenvalue weighted by Crippen LogP contribution is -2.31. The van der Waals surface area contributed by atoms with E-state index < -0.39 is 6.10 Å². The molecule has 4 nitrogen and oxygen atoms in total. The molecular formula is C14H22O4. The van der Waals surface area contributed by atoms with E-state index in [9.17, 15) is 5.11 Å². The van der Waals surface area contributed by atoms with Crippen molar-refractivity contribution in [1.29, 1.82) is 0 Å². The first-order valence-electron chi connectivity index (χ1n) is 6.24. The number of aliphatic hydroxyl groups excluding tert-OH is 2. The van der Waals surface area contributed by atoms with Gasteiger partial charge in [0, 0.05) is 0 Å². The Balaban J connectivity index is 2.49. The van der Waals surface area contributed by atoms with Crippen LogP contribution in [0, 0.1) is 0 Å². The van der Waals surface area contributed by atoms with E-state index in [1.54, 1.807) is 7.11 Å². The van der Waals surface area contributed by atoms with Crippen molar-refractivity contribution < 1.29 is 19.7 Å². The molecule has 4 heteroatoms. The monoisotopic (exact) mass is 254 g/mol. The second kappa shape index (κ2) is 8.08. The minimum Gasteiger partial charge on any atom is -0.497 e. The van der Waals surface area contributed by atoms with Crippen LogP contribution in [0.1, 0.15) is 25.3 Å². The summed E-state index contributed by atoms with van der Waals surface area (Å²) in [4.78, 5) is 0. The molecule has 0 bridgehead atoms. The highest BCUT2D eigenvalue weighted by molar-refractivity contribution is 5.26. The smallest absolute Gasteiger partial charge is 0.118 e. The van der Waals surface area contributed by atoms with Crippen LogP contribution in [-0.2, 0) is 11.3 Å². The SMILES string of the molecule is CCC[C@@H](OCc1ccc(OC)cc1)[C@@H](O)CO. The number of methoxy groups -OCH3 is 1. The summed E-state index contributed by atoms with van der Waals surface area (Å²) in [5.74, 6) is 0.805. The summed E-state index contributed by atoms with van der Waals surface area (Å²) in [6.45, 7) is 2.17. The summed E-state index contributed by atoms with van der Waals surface area (Å²) in [5.41, 5.74) is 1.02. The molecule has 0 aliphatic carbocycles.